The summed E-state index contributed by atoms with van der Waals surface area (Å²) in [6.45, 7) is 4.90. The molecular formula is C17H27NO2. The largest absolute Gasteiger partial charge is 0.493 e. The van der Waals surface area contributed by atoms with E-state index in [2.05, 4.69) is 30.4 Å². The van der Waals surface area contributed by atoms with Crippen LogP contribution < -0.4 is 10.1 Å². The summed E-state index contributed by atoms with van der Waals surface area (Å²) in [6.07, 6.45) is 5.62. The van der Waals surface area contributed by atoms with Gasteiger partial charge in [-0.3, -0.25) is 0 Å². The van der Waals surface area contributed by atoms with Crippen LogP contribution in [-0.2, 0) is 11.2 Å². The minimum absolute atomic E-state index is 0.516. The van der Waals surface area contributed by atoms with E-state index in [1.807, 2.05) is 0 Å². The number of methoxy groups -OCH3 is 1. The van der Waals surface area contributed by atoms with Crippen molar-refractivity contribution in [3.63, 3.8) is 0 Å². The van der Waals surface area contributed by atoms with Crippen molar-refractivity contribution in [2.75, 3.05) is 26.9 Å². The van der Waals surface area contributed by atoms with Crippen molar-refractivity contribution in [2.45, 2.75) is 45.1 Å². The molecule has 3 nitrogen and oxygen atoms in total. The Morgan fingerprint density at radius 1 is 1.25 bits per heavy atom. The molecule has 1 atom stereocenters. The molecule has 0 bridgehead atoms. The van der Waals surface area contributed by atoms with E-state index in [1.165, 1.54) is 24.0 Å². The highest BCUT2D eigenvalue weighted by molar-refractivity contribution is 5.45. The van der Waals surface area contributed by atoms with Crippen molar-refractivity contribution in [3.05, 3.63) is 29.3 Å². The lowest BCUT2D eigenvalue weighted by Crippen LogP contribution is -2.19. The molecule has 0 aliphatic heterocycles. The van der Waals surface area contributed by atoms with Crippen LogP contribution in [0.3, 0.4) is 0 Å². The first kappa shape index (κ1) is 15.3. The molecule has 1 aromatic rings. The maximum atomic E-state index is 5.96. The van der Waals surface area contributed by atoms with Gasteiger partial charge in [-0.05, 0) is 55.8 Å². The van der Waals surface area contributed by atoms with E-state index >= 15 is 0 Å². The number of rotatable bonds is 9. The van der Waals surface area contributed by atoms with E-state index in [-0.39, 0.29) is 0 Å². The van der Waals surface area contributed by atoms with E-state index in [9.17, 15) is 0 Å². The fraction of sp³-hybridized carbons (Fsp3) is 0.647. The summed E-state index contributed by atoms with van der Waals surface area (Å²) in [7, 11) is 1.74. The number of nitrogens with one attached hydrogen (secondary N) is 1. The number of ether oxygens (including phenoxy) is 2. The lowest BCUT2D eigenvalue weighted by molar-refractivity contribution is 0.184. The van der Waals surface area contributed by atoms with Crippen LogP contribution in [0.4, 0.5) is 0 Å². The predicted octanol–water partition coefficient (Wildman–Crippen LogP) is 3.48. The van der Waals surface area contributed by atoms with Gasteiger partial charge < -0.3 is 14.8 Å². The first-order chi connectivity index (χ1) is 9.86. The first-order valence-electron chi connectivity index (χ1n) is 7.83. The molecule has 0 fully saturated rings. The van der Waals surface area contributed by atoms with Gasteiger partial charge in [-0.25, -0.2) is 0 Å². The van der Waals surface area contributed by atoms with Crippen molar-refractivity contribution in [3.8, 4) is 5.75 Å². The predicted molar refractivity (Wildman–Crippen MR) is 82.4 cm³/mol. The summed E-state index contributed by atoms with van der Waals surface area (Å²) in [4.78, 5) is 0. The number of hydrogen-bond donors (Lipinski definition) is 1. The molecule has 20 heavy (non-hydrogen) atoms. The van der Waals surface area contributed by atoms with Gasteiger partial charge in [-0.1, -0.05) is 19.1 Å². The zero-order valence-electron chi connectivity index (χ0n) is 12.8. The molecule has 0 saturated heterocycles. The Morgan fingerprint density at radius 2 is 2.10 bits per heavy atom. The van der Waals surface area contributed by atoms with Crippen LogP contribution in [-0.4, -0.2) is 26.9 Å². The van der Waals surface area contributed by atoms with Crippen LogP contribution >= 0.6 is 0 Å². The topological polar surface area (TPSA) is 30.5 Å². The average Bonchev–Trinajstić information content (AvgIpc) is 2.89. The summed E-state index contributed by atoms with van der Waals surface area (Å²) in [6, 6.07) is 6.99. The van der Waals surface area contributed by atoms with Gasteiger partial charge in [-0.15, -0.1) is 0 Å². The van der Waals surface area contributed by atoms with Crippen LogP contribution in [0.2, 0.25) is 0 Å². The second-order valence-electron chi connectivity index (χ2n) is 5.42. The monoisotopic (exact) mass is 277 g/mol. The minimum atomic E-state index is 0.516. The Hall–Kier alpha value is -1.06. The highest BCUT2D eigenvalue weighted by atomic mass is 16.5. The second kappa shape index (κ2) is 8.28. The molecule has 0 radical (unpaired) electrons. The highest BCUT2D eigenvalue weighted by Gasteiger charge is 2.24. The standard InChI is InChI=1S/C17H27NO2/c1-3-11-18-16-10-9-15-14(16)7-6-8-17(15)20-13-5-4-12-19-2/h6-8,16,18H,3-5,9-13H2,1-2H3. The lowest BCUT2D eigenvalue weighted by Gasteiger charge is -2.15. The Morgan fingerprint density at radius 3 is 2.90 bits per heavy atom. The number of unbranched alkanes of at least 4 members (excludes halogenated alkanes) is 1. The second-order valence-corrected chi connectivity index (χ2v) is 5.42. The number of benzene rings is 1. The van der Waals surface area contributed by atoms with Crippen molar-refractivity contribution in [1.29, 1.82) is 0 Å². The molecule has 1 N–H and O–H groups in total. The van der Waals surface area contributed by atoms with Crippen LogP contribution in [0, 0.1) is 0 Å². The minimum Gasteiger partial charge on any atom is -0.493 e. The molecule has 0 amide bonds. The molecule has 1 aliphatic rings. The summed E-state index contributed by atoms with van der Waals surface area (Å²) in [5, 5.41) is 3.63. The Labute approximate surface area is 122 Å². The summed E-state index contributed by atoms with van der Waals surface area (Å²) >= 11 is 0. The van der Waals surface area contributed by atoms with E-state index in [4.69, 9.17) is 9.47 Å². The van der Waals surface area contributed by atoms with E-state index in [1.54, 1.807) is 7.11 Å². The molecule has 0 aromatic heterocycles. The first-order valence-corrected chi connectivity index (χ1v) is 7.83. The molecule has 1 aromatic carbocycles. The van der Waals surface area contributed by atoms with Crippen LogP contribution in [0.1, 0.15) is 49.8 Å². The smallest absolute Gasteiger partial charge is 0.122 e. The SMILES string of the molecule is CCCNC1CCc2c(OCCCCOC)cccc21. The van der Waals surface area contributed by atoms with Gasteiger partial charge in [0.05, 0.1) is 6.61 Å². The quantitative estimate of drug-likeness (QED) is 0.701. The molecule has 0 spiro atoms. The zero-order valence-corrected chi connectivity index (χ0v) is 12.8. The third-order valence-corrected chi connectivity index (χ3v) is 3.87. The third kappa shape index (κ3) is 3.97. The average molecular weight is 277 g/mol. The van der Waals surface area contributed by atoms with Gasteiger partial charge in [0.25, 0.3) is 0 Å². The molecular weight excluding hydrogens is 250 g/mol. The highest BCUT2D eigenvalue weighted by Crippen LogP contribution is 2.36. The van der Waals surface area contributed by atoms with Gasteiger partial charge in [0.15, 0.2) is 0 Å². The van der Waals surface area contributed by atoms with Crippen molar-refractivity contribution in [2.24, 2.45) is 0 Å². The molecule has 1 unspecified atom stereocenters. The molecule has 3 heteroatoms. The third-order valence-electron chi connectivity index (χ3n) is 3.87. The van der Waals surface area contributed by atoms with Crippen molar-refractivity contribution in [1.82, 2.24) is 5.32 Å². The Balaban J connectivity index is 1.90. The maximum absolute atomic E-state index is 5.96. The van der Waals surface area contributed by atoms with E-state index < -0.39 is 0 Å². The van der Waals surface area contributed by atoms with E-state index in [0.717, 1.165) is 44.8 Å². The fourth-order valence-corrected chi connectivity index (χ4v) is 2.82. The van der Waals surface area contributed by atoms with Crippen LogP contribution in [0.5, 0.6) is 5.75 Å². The Bertz CT molecular complexity index is 406. The summed E-state index contributed by atoms with van der Waals surface area (Å²) < 4.78 is 11.0. The lowest BCUT2D eigenvalue weighted by atomic mass is 10.1. The van der Waals surface area contributed by atoms with Crippen LogP contribution in [0.15, 0.2) is 18.2 Å². The Kier molecular flexibility index (Phi) is 6.34. The van der Waals surface area contributed by atoms with Gasteiger partial charge in [0.2, 0.25) is 0 Å². The molecule has 0 saturated carbocycles. The number of hydrogen-bond acceptors (Lipinski definition) is 3. The molecule has 112 valence electrons. The van der Waals surface area contributed by atoms with Gasteiger partial charge in [-0.2, -0.15) is 0 Å². The summed E-state index contributed by atoms with van der Waals surface area (Å²) in [5.41, 5.74) is 2.85. The normalized spacial score (nSPS) is 17.2. The number of fused-ring (bicyclic) bond motifs is 1. The van der Waals surface area contributed by atoms with Crippen LogP contribution in [0.25, 0.3) is 0 Å². The molecule has 2 rings (SSSR count). The van der Waals surface area contributed by atoms with Gasteiger partial charge in [0.1, 0.15) is 5.75 Å². The zero-order chi connectivity index (χ0) is 14.2. The molecule has 0 heterocycles. The summed E-state index contributed by atoms with van der Waals surface area (Å²) in [5.74, 6) is 1.08. The molecule has 1 aliphatic carbocycles. The maximum Gasteiger partial charge on any atom is 0.122 e. The van der Waals surface area contributed by atoms with Crippen molar-refractivity contribution < 1.29 is 9.47 Å². The van der Waals surface area contributed by atoms with Crippen molar-refractivity contribution >= 4 is 0 Å². The fourth-order valence-electron chi connectivity index (χ4n) is 2.82. The van der Waals surface area contributed by atoms with E-state index in [0.29, 0.717) is 6.04 Å². The van der Waals surface area contributed by atoms with Gasteiger partial charge in [0, 0.05) is 19.8 Å². The van der Waals surface area contributed by atoms with Gasteiger partial charge >= 0.3 is 0 Å².